The molecule has 1 aromatic carbocycles. The van der Waals surface area contributed by atoms with E-state index in [1.54, 1.807) is 43.6 Å². The molecule has 3 heterocycles. The van der Waals surface area contributed by atoms with Crippen LogP contribution in [0.4, 0.5) is 5.69 Å². The monoisotopic (exact) mass is 411 g/mol. The molecule has 3 aromatic heterocycles. The van der Waals surface area contributed by atoms with E-state index in [-0.39, 0.29) is 24.7 Å². The van der Waals surface area contributed by atoms with E-state index in [2.05, 4.69) is 10.3 Å². The number of carbonyl (C=O) groups excluding carboxylic acids is 1. The number of nitrogens with zero attached hydrogens (tertiary/aromatic N) is 3. The van der Waals surface area contributed by atoms with E-state index in [0.29, 0.717) is 27.6 Å². The van der Waals surface area contributed by atoms with Crippen molar-refractivity contribution in [3.63, 3.8) is 0 Å². The maximum atomic E-state index is 12.7. The van der Waals surface area contributed by atoms with Gasteiger partial charge in [0.2, 0.25) is 5.91 Å². The Labute approximate surface area is 170 Å². The first-order chi connectivity index (χ1) is 13.9. The first-order valence-corrected chi connectivity index (χ1v) is 9.21. The molecule has 4 aromatic rings. The van der Waals surface area contributed by atoms with Crippen LogP contribution in [0.5, 0.6) is 0 Å². The number of rotatable bonds is 5. The normalized spacial score (nSPS) is 11.1. The van der Waals surface area contributed by atoms with Crippen molar-refractivity contribution in [3.8, 4) is 11.1 Å². The molecule has 3 N–H and O–H groups in total. The average Bonchev–Trinajstić information content (AvgIpc) is 3.29. The fourth-order valence-electron chi connectivity index (χ4n) is 3.15. The molecule has 0 aliphatic carbocycles. The van der Waals surface area contributed by atoms with E-state index >= 15 is 0 Å². The van der Waals surface area contributed by atoms with Gasteiger partial charge in [-0.3, -0.25) is 13.9 Å². The summed E-state index contributed by atoms with van der Waals surface area (Å²) >= 11 is 6.09. The van der Waals surface area contributed by atoms with Crippen molar-refractivity contribution >= 4 is 34.4 Å². The molecule has 0 aliphatic rings. The molecule has 8 nitrogen and oxygen atoms in total. The number of hydrogen-bond donors (Lipinski definition) is 2. The van der Waals surface area contributed by atoms with Crippen molar-refractivity contribution in [2.75, 3.05) is 5.73 Å². The number of aryl methyl sites for hydroxylation is 1. The Morgan fingerprint density at radius 3 is 2.83 bits per heavy atom. The highest BCUT2D eigenvalue weighted by atomic mass is 35.5. The van der Waals surface area contributed by atoms with Crippen LogP contribution in [-0.2, 0) is 24.9 Å². The van der Waals surface area contributed by atoms with Crippen LogP contribution in [0.3, 0.4) is 0 Å². The Morgan fingerprint density at radius 2 is 2.10 bits per heavy atom. The first kappa shape index (κ1) is 18.8. The van der Waals surface area contributed by atoms with E-state index < -0.39 is 0 Å². The highest BCUT2D eigenvalue weighted by Gasteiger charge is 2.16. The lowest BCUT2D eigenvalue weighted by atomic mass is 10.1. The predicted octanol–water partition coefficient (Wildman–Crippen LogP) is 2.55. The second kappa shape index (κ2) is 7.48. The molecule has 0 bridgehead atoms. The number of hydrogen-bond acceptors (Lipinski definition) is 5. The zero-order chi connectivity index (χ0) is 20.5. The number of benzene rings is 1. The maximum Gasteiger partial charge on any atom is 0.330 e. The molecule has 1 amide bonds. The molecule has 9 heteroatoms. The van der Waals surface area contributed by atoms with Crippen molar-refractivity contribution in [1.82, 2.24) is 19.4 Å². The van der Waals surface area contributed by atoms with E-state index in [1.807, 2.05) is 6.07 Å². The summed E-state index contributed by atoms with van der Waals surface area (Å²) in [5.41, 5.74) is 8.66. The summed E-state index contributed by atoms with van der Waals surface area (Å²) in [6.07, 6.45) is 3.16. The molecule has 0 radical (unpaired) electrons. The number of aromatic nitrogens is 3. The largest absolute Gasteiger partial charge is 0.467 e. The zero-order valence-electron chi connectivity index (χ0n) is 15.6. The van der Waals surface area contributed by atoms with Gasteiger partial charge in [0.25, 0.3) is 0 Å². The van der Waals surface area contributed by atoms with E-state index in [0.717, 1.165) is 11.1 Å². The van der Waals surface area contributed by atoms with Crippen LogP contribution < -0.4 is 16.7 Å². The van der Waals surface area contributed by atoms with Crippen LogP contribution in [0.25, 0.3) is 22.3 Å². The minimum absolute atomic E-state index is 0.145. The van der Waals surface area contributed by atoms with E-state index in [4.69, 9.17) is 21.8 Å². The molecule has 0 fully saturated rings. The van der Waals surface area contributed by atoms with Crippen molar-refractivity contribution in [2.24, 2.45) is 7.05 Å². The summed E-state index contributed by atoms with van der Waals surface area (Å²) in [5, 5.41) is 3.24. The molecule has 0 saturated heterocycles. The third kappa shape index (κ3) is 3.74. The molecule has 0 atom stereocenters. The minimum Gasteiger partial charge on any atom is -0.467 e. The number of imidazole rings is 1. The molecule has 4 rings (SSSR count). The molecule has 0 unspecified atom stereocenters. The van der Waals surface area contributed by atoms with Crippen LogP contribution in [0.1, 0.15) is 5.76 Å². The molecule has 0 saturated carbocycles. The van der Waals surface area contributed by atoms with Gasteiger partial charge in [-0.05, 0) is 42.0 Å². The second-order valence-electron chi connectivity index (χ2n) is 6.62. The van der Waals surface area contributed by atoms with Crippen LogP contribution in [-0.4, -0.2) is 20.0 Å². The van der Waals surface area contributed by atoms with Crippen molar-refractivity contribution in [1.29, 1.82) is 0 Å². The van der Waals surface area contributed by atoms with Gasteiger partial charge in [0.05, 0.1) is 18.3 Å². The summed E-state index contributed by atoms with van der Waals surface area (Å²) in [5.74, 6) is 0.316. The highest BCUT2D eigenvalue weighted by molar-refractivity contribution is 6.31. The molecular formula is C20H18ClN5O3. The zero-order valence-corrected chi connectivity index (χ0v) is 16.3. The molecule has 0 spiro atoms. The van der Waals surface area contributed by atoms with E-state index in [9.17, 15) is 9.59 Å². The number of nitrogen functional groups attached to an aromatic ring is 1. The Bertz CT molecular complexity index is 1240. The molecule has 148 valence electrons. The summed E-state index contributed by atoms with van der Waals surface area (Å²) in [4.78, 5) is 29.4. The van der Waals surface area contributed by atoms with Crippen LogP contribution >= 0.6 is 11.6 Å². The lowest BCUT2D eigenvalue weighted by Crippen LogP contribution is -2.32. The van der Waals surface area contributed by atoms with Crippen molar-refractivity contribution in [3.05, 3.63) is 70.1 Å². The molecule has 0 aliphatic heterocycles. The summed E-state index contributed by atoms with van der Waals surface area (Å²) in [7, 11) is 1.64. The van der Waals surface area contributed by atoms with Gasteiger partial charge in [0, 0.05) is 29.5 Å². The molecular weight excluding hydrogens is 394 g/mol. The third-order valence-electron chi connectivity index (χ3n) is 4.58. The highest BCUT2D eigenvalue weighted by Crippen LogP contribution is 2.27. The predicted molar refractivity (Wildman–Crippen MR) is 110 cm³/mol. The van der Waals surface area contributed by atoms with Gasteiger partial charge in [-0.1, -0.05) is 11.6 Å². The SMILES string of the molecule is Cn1c(=O)n(CC(=O)NCc2ccco2)c2ncc(-c3cc(N)cc(Cl)c3)cc21. The lowest BCUT2D eigenvalue weighted by Gasteiger charge is -2.06. The minimum atomic E-state index is -0.330. The summed E-state index contributed by atoms with van der Waals surface area (Å²) in [6.45, 7) is 0.104. The van der Waals surface area contributed by atoms with Gasteiger partial charge in [0.15, 0.2) is 5.65 Å². The van der Waals surface area contributed by atoms with Crippen LogP contribution in [0.2, 0.25) is 5.02 Å². The Morgan fingerprint density at radius 1 is 1.28 bits per heavy atom. The Balaban J connectivity index is 1.64. The van der Waals surface area contributed by atoms with Crippen LogP contribution in [0, 0.1) is 0 Å². The fourth-order valence-corrected chi connectivity index (χ4v) is 3.40. The first-order valence-electron chi connectivity index (χ1n) is 8.83. The fraction of sp³-hybridized carbons (Fsp3) is 0.150. The quantitative estimate of drug-likeness (QED) is 0.490. The average molecular weight is 412 g/mol. The number of carbonyl (C=O) groups is 1. The number of nitrogens with two attached hydrogens (primary N) is 1. The third-order valence-corrected chi connectivity index (χ3v) is 4.80. The topological polar surface area (TPSA) is 108 Å². The van der Waals surface area contributed by atoms with Crippen molar-refractivity contribution < 1.29 is 9.21 Å². The maximum absolute atomic E-state index is 12.7. The van der Waals surface area contributed by atoms with Gasteiger partial charge >= 0.3 is 5.69 Å². The van der Waals surface area contributed by atoms with Crippen molar-refractivity contribution in [2.45, 2.75) is 13.1 Å². The van der Waals surface area contributed by atoms with Crippen LogP contribution in [0.15, 0.2) is 58.1 Å². The number of pyridine rings is 1. The Hall–Kier alpha value is -3.52. The number of amides is 1. The second-order valence-corrected chi connectivity index (χ2v) is 7.06. The van der Waals surface area contributed by atoms with Gasteiger partial charge in [0.1, 0.15) is 12.3 Å². The number of nitrogens with one attached hydrogen (secondary N) is 1. The number of fused-ring (bicyclic) bond motifs is 1. The number of halogens is 1. The molecule has 29 heavy (non-hydrogen) atoms. The van der Waals surface area contributed by atoms with Gasteiger partial charge in [-0.2, -0.15) is 0 Å². The Kier molecular flexibility index (Phi) is 4.85. The smallest absolute Gasteiger partial charge is 0.330 e. The number of furan rings is 1. The van der Waals surface area contributed by atoms with Gasteiger partial charge in [-0.25, -0.2) is 9.78 Å². The lowest BCUT2D eigenvalue weighted by molar-refractivity contribution is -0.121. The van der Waals surface area contributed by atoms with E-state index in [1.165, 1.54) is 15.4 Å². The van der Waals surface area contributed by atoms with Gasteiger partial charge < -0.3 is 15.5 Å². The summed E-state index contributed by atoms with van der Waals surface area (Å²) in [6, 6.07) is 10.5. The summed E-state index contributed by atoms with van der Waals surface area (Å²) < 4.78 is 7.98. The standard InChI is InChI=1S/C20H18ClN5O3/c1-25-17-7-13(12-5-14(21)8-15(22)6-12)9-24-19(17)26(20(25)28)11-18(27)23-10-16-3-2-4-29-16/h2-9H,10-11,22H2,1H3,(H,23,27). The number of anilines is 1. The van der Waals surface area contributed by atoms with Gasteiger partial charge in [-0.15, -0.1) is 0 Å².